The Labute approximate surface area is 154 Å². The Hall–Kier alpha value is -2.09. The van der Waals surface area contributed by atoms with Crippen LogP contribution in [0.1, 0.15) is 0 Å². The van der Waals surface area contributed by atoms with Crippen molar-refractivity contribution < 1.29 is 13.2 Å². The van der Waals surface area contributed by atoms with E-state index in [2.05, 4.69) is 16.8 Å². The molecule has 0 radical (unpaired) electrons. The summed E-state index contributed by atoms with van der Waals surface area (Å²) in [7, 11) is -1.61. The van der Waals surface area contributed by atoms with Gasteiger partial charge in [0.25, 0.3) is 10.0 Å². The van der Waals surface area contributed by atoms with Gasteiger partial charge in [-0.2, -0.15) is 0 Å². The lowest BCUT2D eigenvalue weighted by Gasteiger charge is -2.39. The predicted octanol–water partition coefficient (Wildman–Crippen LogP) is 2.12. The summed E-state index contributed by atoms with van der Waals surface area (Å²) in [5.41, 5.74) is 0.279. The van der Waals surface area contributed by atoms with Crippen molar-refractivity contribution in [2.75, 3.05) is 44.1 Å². The van der Waals surface area contributed by atoms with E-state index in [1.54, 1.807) is 6.07 Å². The van der Waals surface area contributed by atoms with Crippen LogP contribution in [0.4, 0.5) is 11.4 Å². The molecule has 7 heteroatoms. The number of anilines is 2. The normalized spacial score (nSPS) is 23.3. The minimum absolute atomic E-state index is 0.369. The molecular weight excluding hydrogens is 350 g/mol. The molecule has 1 unspecified atom stereocenters. The van der Waals surface area contributed by atoms with Crippen LogP contribution in [0, 0.1) is 0 Å². The smallest absolute Gasteiger partial charge is 0.279 e. The van der Waals surface area contributed by atoms with Gasteiger partial charge in [0.2, 0.25) is 5.44 Å². The lowest BCUT2D eigenvalue weighted by molar-refractivity contribution is 0.120. The first-order chi connectivity index (χ1) is 12.6. The Morgan fingerprint density at radius 1 is 0.962 bits per heavy atom. The average Bonchev–Trinajstić information content (AvgIpc) is 2.64. The van der Waals surface area contributed by atoms with Crippen LogP contribution in [0.2, 0.25) is 0 Å². The summed E-state index contributed by atoms with van der Waals surface area (Å²) < 4.78 is 34.1. The standard InChI is InChI=1S/C19H23N3O3S/c1-20-11-13-21(14-12-20)15-19-25-18-10-6-5-9-17(18)22(26(19,23)24)16-7-3-2-4-8-16/h2-10,19H,11-15H2,1H3. The second-order valence-corrected chi connectivity index (χ2v) is 8.68. The fraction of sp³-hybridized carbons (Fsp3) is 0.368. The summed E-state index contributed by atoms with van der Waals surface area (Å²) in [4.78, 5) is 4.41. The molecule has 0 bridgehead atoms. The maximum atomic E-state index is 13.4. The summed E-state index contributed by atoms with van der Waals surface area (Å²) in [5, 5.41) is 0. The zero-order valence-electron chi connectivity index (χ0n) is 14.8. The lowest BCUT2D eigenvalue weighted by Crippen LogP contribution is -2.53. The van der Waals surface area contributed by atoms with Crippen molar-refractivity contribution in [2.45, 2.75) is 5.44 Å². The number of piperazine rings is 1. The van der Waals surface area contributed by atoms with Crippen LogP contribution in [0.5, 0.6) is 5.75 Å². The third-order valence-electron chi connectivity index (χ3n) is 4.92. The Kier molecular flexibility index (Phi) is 4.60. The monoisotopic (exact) mass is 373 g/mol. The molecule has 4 rings (SSSR count). The highest BCUT2D eigenvalue weighted by atomic mass is 32.2. The van der Waals surface area contributed by atoms with E-state index in [9.17, 15) is 8.42 Å². The fourth-order valence-electron chi connectivity index (χ4n) is 3.40. The molecule has 1 saturated heterocycles. The minimum atomic E-state index is -3.69. The first-order valence-corrected chi connectivity index (χ1v) is 10.3. The molecule has 138 valence electrons. The number of benzene rings is 2. The van der Waals surface area contributed by atoms with E-state index in [0.717, 1.165) is 26.2 Å². The summed E-state index contributed by atoms with van der Waals surface area (Å²) in [6.07, 6.45) is 0. The van der Waals surface area contributed by atoms with Crippen molar-refractivity contribution in [3.8, 4) is 5.75 Å². The van der Waals surface area contributed by atoms with E-state index in [4.69, 9.17) is 4.74 Å². The maximum absolute atomic E-state index is 13.4. The van der Waals surface area contributed by atoms with Gasteiger partial charge in [-0.05, 0) is 31.3 Å². The first-order valence-electron chi connectivity index (χ1n) is 8.81. The van der Waals surface area contributed by atoms with Gasteiger partial charge in [-0.1, -0.05) is 30.3 Å². The van der Waals surface area contributed by atoms with Crippen LogP contribution in [0.3, 0.4) is 0 Å². The molecule has 2 aromatic carbocycles. The minimum Gasteiger partial charge on any atom is -0.469 e. The van der Waals surface area contributed by atoms with Crippen molar-refractivity contribution in [2.24, 2.45) is 0 Å². The first kappa shape index (κ1) is 17.3. The highest BCUT2D eigenvalue weighted by Gasteiger charge is 2.42. The number of fused-ring (bicyclic) bond motifs is 1. The van der Waals surface area contributed by atoms with Gasteiger partial charge >= 0.3 is 0 Å². The van der Waals surface area contributed by atoms with E-state index >= 15 is 0 Å². The van der Waals surface area contributed by atoms with Gasteiger partial charge in [0.1, 0.15) is 5.75 Å². The quantitative estimate of drug-likeness (QED) is 0.825. The summed E-state index contributed by atoms with van der Waals surface area (Å²) in [6, 6.07) is 16.5. The zero-order chi connectivity index (χ0) is 18.1. The third kappa shape index (κ3) is 3.18. The van der Waals surface area contributed by atoms with Gasteiger partial charge in [-0.3, -0.25) is 4.90 Å². The van der Waals surface area contributed by atoms with E-state index in [-0.39, 0.29) is 0 Å². The predicted molar refractivity (Wildman–Crippen MR) is 102 cm³/mol. The van der Waals surface area contributed by atoms with Crippen LogP contribution < -0.4 is 9.04 Å². The number of nitrogens with zero attached hydrogens (tertiary/aromatic N) is 3. The highest BCUT2D eigenvalue weighted by molar-refractivity contribution is 7.93. The van der Waals surface area contributed by atoms with Crippen LogP contribution in [-0.4, -0.2) is 63.4 Å². The van der Waals surface area contributed by atoms with Crippen molar-refractivity contribution in [3.63, 3.8) is 0 Å². The van der Waals surface area contributed by atoms with Gasteiger partial charge in [0, 0.05) is 26.2 Å². The zero-order valence-corrected chi connectivity index (χ0v) is 15.6. The van der Waals surface area contributed by atoms with E-state index in [1.165, 1.54) is 4.31 Å². The molecule has 2 heterocycles. The molecule has 2 aliphatic heterocycles. The van der Waals surface area contributed by atoms with Crippen molar-refractivity contribution >= 4 is 21.4 Å². The molecule has 0 aromatic heterocycles. The number of likely N-dealkylation sites (N-methyl/N-ethyl adjacent to an activating group) is 1. The molecule has 2 aliphatic rings. The van der Waals surface area contributed by atoms with E-state index < -0.39 is 15.5 Å². The van der Waals surface area contributed by atoms with Crippen molar-refractivity contribution in [3.05, 3.63) is 54.6 Å². The molecule has 1 fully saturated rings. The van der Waals surface area contributed by atoms with Gasteiger partial charge in [0.15, 0.2) is 0 Å². The maximum Gasteiger partial charge on any atom is 0.279 e. The number of hydrogen-bond acceptors (Lipinski definition) is 5. The summed E-state index contributed by atoms with van der Waals surface area (Å²) >= 11 is 0. The third-order valence-corrected chi connectivity index (χ3v) is 6.75. The van der Waals surface area contributed by atoms with Gasteiger partial charge in [-0.25, -0.2) is 12.7 Å². The SMILES string of the molecule is CN1CCN(CC2Oc3ccccc3N(c3ccccc3)S2(=O)=O)CC1. The van der Waals surface area contributed by atoms with Crippen molar-refractivity contribution in [1.29, 1.82) is 0 Å². The molecule has 0 amide bonds. The van der Waals surface area contributed by atoms with Crippen LogP contribution in [-0.2, 0) is 10.0 Å². The molecule has 2 aromatic rings. The topological polar surface area (TPSA) is 53.1 Å². The average molecular weight is 373 g/mol. The lowest BCUT2D eigenvalue weighted by atomic mass is 10.2. The molecular formula is C19H23N3O3S. The number of rotatable bonds is 3. The Bertz CT molecular complexity index is 865. The Morgan fingerprint density at radius 2 is 1.62 bits per heavy atom. The van der Waals surface area contributed by atoms with Crippen LogP contribution in [0.15, 0.2) is 54.6 Å². The summed E-state index contributed by atoms with van der Waals surface area (Å²) in [5.74, 6) is 0.602. The molecule has 0 saturated carbocycles. The number of hydrogen-bond donors (Lipinski definition) is 0. The van der Waals surface area contributed by atoms with Gasteiger partial charge < -0.3 is 9.64 Å². The van der Waals surface area contributed by atoms with Gasteiger partial charge in [0.05, 0.1) is 17.9 Å². The number of ether oxygens (including phenoxy) is 1. The van der Waals surface area contributed by atoms with Crippen LogP contribution >= 0.6 is 0 Å². The number of sulfonamides is 1. The highest BCUT2D eigenvalue weighted by Crippen LogP contribution is 2.42. The molecule has 1 atom stereocenters. The molecule has 0 spiro atoms. The Morgan fingerprint density at radius 3 is 2.35 bits per heavy atom. The molecule has 0 aliphatic carbocycles. The van der Waals surface area contributed by atoms with Crippen LogP contribution in [0.25, 0.3) is 0 Å². The van der Waals surface area contributed by atoms with Crippen molar-refractivity contribution in [1.82, 2.24) is 9.80 Å². The second kappa shape index (κ2) is 6.90. The van der Waals surface area contributed by atoms with Gasteiger partial charge in [-0.15, -0.1) is 0 Å². The fourth-order valence-corrected chi connectivity index (χ4v) is 5.10. The number of para-hydroxylation sites is 3. The Balaban J connectivity index is 1.69. The molecule has 6 nitrogen and oxygen atoms in total. The largest absolute Gasteiger partial charge is 0.469 e. The molecule has 0 N–H and O–H groups in total. The molecule has 26 heavy (non-hydrogen) atoms. The van der Waals surface area contributed by atoms with E-state index in [0.29, 0.717) is 23.7 Å². The van der Waals surface area contributed by atoms with E-state index in [1.807, 2.05) is 48.5 Å². The second-order valence-electron chi connectivity index (χ2n) is 6.76. The summed E-state index contributed by atoms with van der Waals surface area (Å²) in [6.45, 7) is 3.93.